The summed E-state index contributed by atoms with van der Waals surface area (Å²) in [5.74, 6) is 0.750. The molecule has 1 aromatic heterocycles. The topological polar surface area (TPSA) is 81.6 Å². The molecule has 0 spiro atoms. The van der Waals surface area contributed by atoms with Crippen molar-refractivity contribution in [3.05, 3.63) is 52.9 Å². The van der Waals surface area contributed by atoms with Crippen LogP contribution in [0.1, 0.15) is 17.5 Å². The molecular formula is C18H21N3O4S. The van der Waals surface area contributed by atoms with Crippen molar-refractivity contribution < 1.29 is 17.9 Å². The van der Waals surface area contributed by atoms with Crippen LogP contribution >= 0.6 is 0 Å². The van der Waals surface area contributed by atoms with E-state index in [0.717, 1.165) is 11.1 Å². The molecule has 0 N–H and O–H groups in total. The standard InChI is InChI=1S/C18H21N3O4S/c1-14-3-5-15(6-4-14)10-12-26(22,23)21-11-9-16(13-21)25-18-8-7-17(24-2)19-20-18/h3-8,10,12,16H,9,11,13H2,1-2H3/b12-10+. The molecule has 0 amide bonds. The molecule has 1 aliphatic rings. The van der Waals surface area contributed by atoms with Crippen molar-refractivity contribution in [3.8, 4) is 11.8 Å². The lowest BCUT2D eigenvalue weighted by Crippen LogP contribution is -2.29. The lowest BCUT2D eigenvalue weighted by molar-refractivity contribution is 0.203. The largest absolute Gasteiger partial charge is 0.480 e. The molecule has 26 heavy (non-hydrogen) atoms. The molecule has 0 radical (unpaired) electrons. The van der Waals surface area contributed by atoms with Gasteiger partial charge >= 0.3 is 0 Å². The molecule has 3 rings (SSSR count). The van der Waals surface area contributed by atoms with Gasteiger partial charge in [-0.15, -0.1) is 10.2 Å². The molecule has 0 saturated carbocycles. The molecule has 138 valence electrons. The fourth-order valence-corrected chi connectivity index (χ4v) is 3.84. The molecule has 0 bridgehead atoms. The van der Waals surface area contributed by atoms with Crippen LogP contribution in [0.3, 0.4) is 0 Å². The van der Waals surface area contributed by atoms with Crippen molar-refractivity contribution in [1.29, 1.82) is 0 Å². The Morgan fingerprint density at radius 3 is 2.46 bits per heavy atom. The Kier molecular flexibility index (Phi) is 5.53. The van der Waals surface area contributed by atoms with Crippen LogP contribution in [0, 0.1) is 6.92 Å². The number of hydrogen-bond acceptors (Lipinski definition) is 6. The van der Waals surface area contributed by atoms with E-state index >= 15 is 0 Å². The first-order valence-electron chi connectivity index (χ1n) is 8.25. The van der Waals surface area contributed by atoms with Gasteiger partial charge in [-0.3, -0.25) is 0 Å². The summed E-state index contributed by atoms with van der Waals surface area (Å²) in [5.41, 5.74) is 1.98. The first kappa shape index (κ1) is 18.3. The molecule has 0 aliphatic carbocycles. The van der Waals surface area contributed by atoms with Gasteiger partial charge in [0.15, 0.2) is 0 Å². The van der Waals surface area contributed by atoms with Crippen LogP contribution in [0.4, 0.5) is 0 Å². The average molecular weight is 375 g/mol. The SMILES string of the molecule is COc1ccc(OC2CCN(S(=O)(=O)/C=C/c3ccc(C)cc3)C2)nn1. The molecule has 2 heterocycles. The Hall–Kier alpha value is -2.45. The number of nitrogens with zero attached hydrogens (tertiary/aromatic N) is 3. The predicted octanol–water partition coefficient (Wildman–Crippen LogP) is 2.25. The molecule has 1 saturated heterocycles. The van der Waals surface area contributed by atoms with E-state index in [1.807, 2.05) is 31.2 Å². The predicted molar refractivity (Wildman–Crippen MR) is 98.3 cm³/mol. The van der Waals surface area contributed by atoms with E-state index in [0.29, 0.717) is 24.7 Å². The van der Waals surface area contributed by atoms with Crippen LogP contribution in [0.25, 0.3) is 6.08 Å². The third-order valence-electron chi connectivity index (χ3n) is 4.09. The molecule has 1 atom stereocenters. The van der Waals surface area contributed by atoms with Crippen LogP contribution < -0.4 is 9.47 Å². The smallest absolute Gasteiger partial charge is 0.236 e. The summed E-state index contributed by atoms with van der Waals surface area (Å²) in [5, 5.41) is 8.98. The summed E-state index contributed by atoms with van der Waals surface area (Å²) in [6, 6.07) is 11.0. The van der Waals surface area contributed by atoms with E-state index in [1.54, 1.807) is 18.2 Å². The maximum atomic E-state index is 12.5. The first-order chi connectivity index (χ1) is 12.5. The normalized spacial score (nSPS) is 18.3. The molecule has 7 nitrogen and oxygen atoms in total. The maximum Gasteiger partial charge on any atom is 0.236 e. The average Bonchev–Trinajstić information content (AvgIpc) is 3.11. The van der Waals surface area contributed by atoms with Crippen LogP contribution in [-0.2, 0) is 10.0 Å². The van der Waals surface area contributed by atoms with E-state index in [9.17, 15) is 8.42 Å². The van der Waals surface area contributed by atoms with Gasteiger partial charge in [-0.25, -0.2) is 8.42 Å². The summed E-state index contributed by atoms with van der Waals surface area (Å²) in [6.45, 7) is 2.69. The van der Waals surface area contributed by atoms with Gasteiger partial charge in [0.05, 0.1) is 13.7 Å². The zero-order chi connectivity index (χ0) is 18.6. The van der Waals surface area contributed by atoms with E-state index in [1.165, 1.54) is 16.8 Å². The van der Waals surface area contributed by atoms with E-state index in [2.05, 4.69) is 10.2 Å². The second-order valence-corrected chi connectivity index (χ2v) is 7.88. The highest BCUT2D eigenvalue weighted by atomic mass is 32.2. The lowest BCUT2D eigenvalue weighted by Gasteiger charge is -2.14. The van der Waals surface area contributed by atoms with Gasteiger partial charge in [0.25, 0.3) is 0 Å². The van der Waals surface area contributed by atoms with Crippen molar-refractivity contribution in [1.82, 2.24) is 14.5 Å². The number of ether oxygens (including phenoxy) is 2. The van der Waals surface area contributed by atoms with Crippen LogP contribution in [0.5, 0.6) is 11.8 Å². The molecular weight excluding hydrogens is 354 g/mol. The molecule has 1 aromatic carbocycles. The second-order valence-electron chi connectivity index (χ2n) is 6.06. The first-order valence-corrected chi connectivity index (χ1v) is 9.76. The molecule has 1 fully saturated rings. The number of methoxy groups -OCH3 is 1. The summed E-state index contributed by atoms with van der Waals surface area (Å²) < 4.78 is 37.1. The molecule has 2 aromatic rings. The van der Waals surface area contributed by atoms with Gasteiger partial charge in [-0.05, 0) is 25.0 Å². The van der Waals surface area contributed by atoms with Gasteiger partial charge in [-0.1, -0.05) is 29.8 Å². The Morgan fingerprint density at radius 1 is 1.12 bits per heavy atom. The summed E-state index contributed by atoms with van der Waals surface area (Å²) >= 11 is 0. The third-order valence-corrected chi connectivity index (χ3v) is 5.62. The second kappa shape index (κ2) is 7.84. The molecule has 1 unspecified atom stereocenters. The van der Waals surface area contributed by atoms with Crippen LogP contribution in [-0.4, -0.2) is 49.2 Å². The highest BCUT2D eigenvalue weighted by Crippen LogP contribution is 2.20. The Labute approximate surface area is 153 Å². The van der Waals surface area contributed by atoms with Crippen molar-refractivity contribution in [2.75, 3.05) is 20.2 Å². The Bertz CT molecular complexity index is 864. The van der Waals surface area contributed by atoms with Crippen molar-refractivity contribution >= 4 is 16.1 Å². The minimum absolute atomic E-state index is 0.250. The Balaban J connectivity index is 1.60. The number of benzene rings is 1. The molecule has 8 heteroatoms. The number of hydrogen-bond donors (Lipinski definition) is 0. The minimum atomic E-state index is -3.49. The number of aromatic nitrogens is 2. The summed E-state index contributed by atoms with van der Waals surface area (Å²) in [4.78, 5) is 0. The summed E-state index contributed by atoms with van der Waals surface area (Å²) in [7, 11) is -1.98. The summed E-state index contributed by atoms with van der Waals surface area (Å²) in [6.07, 6.45) is 1.96. The van der Waals surface area contributed by atoms with Gasteiger partial charge in [0.2, 0.25) is 21.8 Å². The van der Waals surface area contributed by atoms with E-state index in [-0.39, 0.29) is 12.6 Å². The zero-order valence-electron chi connectivity index (χ0n) is 14.7. The van der Waals surface area contributed by atoms with E-state index in [4.69, 9.17) is 9.47 Å². The van der Waals surface area contributed by atoms with Gasteiger partial charge in [0, 0.05) is 24.1 Å². The highest BCUT2D eigenvalue weighted by Gasteiger charge is 2.31. The maximum absolute atomic E-state index is 12.5. The molecule has 1 aliphatic heterocycles. The number of rotatable bonds is 6. The van der Waals surface area contributed by atoms with Crippen LogP contribution in [0.2, 0.25) is 0 Å². The lowest BCUT2D eigenvalue weighted by atomic mass is 10.2. The van der Waals surface area contributed by atoms with Crippen molar-refractivity contribution in [3.63, 3.8) is 0 Å². The highest BCUT2D eigenvalue weighted by molar-refractivity contribution is 7.92. The monoisotopic (exact) mass is 375 g/mol. The third kappa shape index (κ3) is 4.59. The van der Waals surface area contributed by atoms with Crippen molar-refractivity contribution in [2.24, 2.45) is 0 Å². The zero-order valence-corrected chi connectivity index (χ0v) is 15.5. The fourth-order valence-electron chi connectivity index (χ4n) is 2.60. The van der Waals surface area contributed by atoms with Gasteiger partial charge in [-0.2, -0.15) is 4.31 Å². The van der Waals surface area contributed by atoms with Gasteiger partial charge in [0.1, 0.15) is 6.10 Å². The Morgan fingerprint density at radius 2 is 1.81 bits per heavy atom. The van der Waals surface area contributed by atoms with E-state index < -0.39 is 10.0 Å². The van der Waals surface area contributed by atoms with Crippen molar-refractivity contribution in [2.45, 2.75) is 19.4 Å². The van der Waals surface area contributed by atoms with Crippen LogP contribution in [0.15, 0.2) is 41.8 Å². The number of aryl methyl sites for hydroxylation is 1. The minimum Gasteiger partial charge on any atom is -0.480 e. The quantitative estimate of drug-likeness (QED) is 0.770. The number of sulfonamides is 1. The van der Waals surface area contributed by atoms with Gasteiger partial charge < -0.3 is 9.47 Å². The fraction of sp³-hybridized carbons (Fsp3) is 0.333.